The molecule has 112 valence electrons. The highest BCUT2D eigenvalue weighted by molar-refractivity contribution is 9.10. The zero-order chi connectivity index (χ0) is 15.1. The molecule has 1 aliphatic heterocycles. The van der Waals surface area contributed by atoms with Gasteiger partial charge in [-0.05, 0) is 30.0 Å². The topological polar surface area (TPSA) is 32.3 Å². The molecule has 0 bridgehead atoms. The molecule has 1 saturated heterocycles. The van der Waals surface area contributed by atoms with E-state index in [0.717, 1.165) is 35.6 Å². The first-order valence-corrected chi connectivity index (χ1v) is 7.99. The first kappa shape index (κ1) is 16.1. The summed E-state index contributed by atoms with van der Waals surface area (Å²) in [6.07, 6.45) is 0. The Morgan fingerprint density at radius 2 is 1.85 bits per heavy atom. The third-order valence-electron chi connectivity index (χ3n) is 3.69. The van der Waals surface area contributed by atoms with E-state index in [4.69, 9.17) is 16.6 Å². The Hall–Kier alpha value is -0.230. The molecular weight excluding hydrogens is 340 g/mol. The summed E-state index contributed by atoms with van der Waals surface area (Å²) < 4.78 is 0.808. The number of piperazine rings is 1. The minimum atomic E-state index is -0.0701. The van der Waals surface area contributed by atoms with Gasteiger partial charge in [0, 0.05) is 25.0 Å². The number of likely N-dealkylation sites (N-methyl/N-ethyl adjacent to an activating group) is 2. The Morgan fingerprint density at radius 3 is 2.45 bits per heavy atom. The second-order valence-corrected chi connectivity index (χ2v) is 7.69. The third-order valence-corrected chi connectivity index (χ3v) is 4.94. The highest BCUT2D eigenvalue weighted by Crippen LogP contribution is 2.34. The van der Waals surface area contributed by atoms with Gasteiger partial charge in [0.2, 0.25) is 0 Å². The summed E-state index contributed by atoms with van der Waals surface area (Å²) in [5, 5.41) is 0.501. The first-order valence-electron chi connectivity index (χ1n) is 6.82. The molecule has 1 aliphatic rings. The standard InChI is InChI=1S/C14H22BrClN4/c1-14(2,3)11-10(15)12(16)18-13(17-11)9-8-19(4)6-7-20(9)5/h9H,6-8H2,1-5H3. The smallest absolute Gasteiger partial charge is 0.148 e. The Balaban J connectivity index is 2.44. The van der Waals surface area contributed by atoms with Crippen molar-refractivity contribution in [1.82, 2.24) is 19.8 Å². The molecule has 0 aromatic carbocycles. The molecular formula is C14H22BrClN4. The number of nitrogens with zero attached hydrogens (tertiary/aromatic N) is 4. The number of hydrogen-bond acceptors (Lipinski definition) is 4. The average molecular weight is 362 g/mol. The summed E-state index contributed by atoms with van der Waals surface area (Å²) in [5.74, 6) is 0.817. The predicted molar refractivity (Wildman–Crippen MR) is 86.3 cm³/mol. The molecule has 1 aromatic rings. The van der Waals surface area contributed by atoms with Crippen molar-refractivity contribution in [2.24, 2.45) is 0 Å². The summed E-state index contributed by atoms with van der Waals surface area (Å²) >= 11 is 9.82. The van der Waals surface area contributed by atoms with Gasteiger partial charge in [0.05, 0.1) is 16.2 Å². The van der Waals surface area contributed by atoms with Crippen LogP contribution in [0, 0.1) is 0 Å². The van der Waals surface area contributed by atoms with Crippen LogP contribution in [0.1, 0.15) is 38.3 Å². The number of aromatic nitrogens is 2. The van der Waals surface area contributed by atoms with E-state index in [-0.39, 0.29) is 11.5 Å². The lowest BCUT2D eigenvalue weighted by atomic mass is 9.92. The van der Waals surface area contributed by atoms with Gasteiger partial charge in [-0.15, -0.1) is 0 Å². The van der Waals surface area contributed by atoms with Crippen molar-refractivity contribution in [2.75, 3.05) is 33.7 Å². The van der Waals surface area contributed by atoms with Gasteiger partial charge in [0.15, 0.2) is 0 Å². The van der Waals surface area contributed by atoms with Crippen LogP contribution in [-0.2, 0) is 5.41 Å². The molecule has 20 heavy (non-hydrogen) atoms. The SMILES string of the molecule is CN1CCN(C)C(c2nc(Cl)c(Br)c(C(C)(C)C)n2)C1. The lowest BCUT2D eigenvalue weighted by molar-refractivity contribution is 0.109. The highest BCUT2D eigenvalue weighted by Gasteiger charge is 2.29. The lowest BCUT2D eigenvalue weighted by Gasteiger charge is -2.37. The molecule has 1 aromatic heterocycles. The van der Waals surface area contributed by atoms with Crippen molar-refractivity contribution in [3.63, 3.8) is 0 Å². The summed E-state index contributed by atoms with van der Waals surface area (Å²) in [7, 11) is 4.25. The molecule has 2 heterocycles. The zero-order valence-electron chi connectivity index (χ0n) is 12.7. The minimum absolute atomic E-state index is 0.0701. The van der Waals surface area contributed by atoms with Crippen molar-refractivity contribution in [3.05, 3.63) is 21.1 Å². The van der Waals surface area contributed by atoms with E-state index in [9.17, 15) is 0 Å². The van der Waals surface area contributed by atoms with Gasteiger partial charge in [-0.2, -0.15) is 0 Å². The van der Waals surface area contributed by atoms with E-state index >= 15 is 0 Å². The molecule has 1 unspecified atom stereocenters. The van der Waals surface area contributed by atoms with Crippen LogP contribution in [0.15, 0.2) is 4.47 Å². The third kappa shape index (κ3) is 3.32. The van der Waals surface area contributed by atoms with Crippen molar-refractivity contribution >= 4 is 27.5 Å². The molecule has 0 aliphatic carbocycles. The van der Waals surface area contributed by atoms with Crippen LogP contribution in [0.4, 0.5) is 0 Å². The maximum Gasteiger partial charge on any atom is 0.148 e. The Morgan fingerprint density at radius 1 is 1.20 bits per heavy atom. The largest absolute Gasteiger partial charge is 0.303 e. The van der Waals surface area contributed by atoms with Crippen LogP contribution in [0.3, 0.4) is 0 Å². The second kappa shape index (κ2) is 5.87. The van der Waals surface area contributed by atoms with Crippen LogP contribution in [0.25, 0.3) is 0 Å². The molecule has 0 N–H and O–H groups in total. The van der Waals surface area contributed by atoms with Gasteiger partial charge >= 0.3 is 0 Å². The first-order chi connectivity index (χ1) is 9.20. The maximum atomic E-state index is 6.30. The Kier molecular flexibility index (Phi) is 4.74. The summed E-state index contributed by atoms with van der Waals surface area (Å²) in [4.78, 5) is 13.9. The number of halogens is 2. The molecule has 0 amide bonds. The fourth-order valence-electron chi connectivity index (χ4n) is 2.37. The number of rotatable bonds is 1. The molecule has 4 nitrogen and oxygen atoms in total. The van der Waals surface area contributed by atoms with Crippen molar-refractivity contribution in [3.8, 4) is 0 Å². The van der Waals surface area contributed by atoms with Crippen LogP contribution in [0.2, 0.25) is 5.15 Å². The second-order valence-electron chi connectivity index (χ2n) is 6.54. The van der Waals surface area contributed by atoms with Crippen molar-refractivity contribution in [1.29, 1.82) is 0 Å². The molecule has 1 fully saturated rings. The molecule has 0 spiro atoms. The molecule has 1 atom stereocenters. The normalized spacial score (nSPS) is 22.2. The van der Waals surface area contributed by atoms with Gasteiger partial charge in [0.25, 0.3) is 0 Å². The van der Waals surface area contributed by atoms with Crippen molar-refractivity contribution < 1.29 is 0 Å². The van der Waals surface area contributed by atoms with Crippen LogP contribution in [-0.4, -0.2) is 53.5 Å². The Bertz CT molecular complexity index is 501. The minimum Gasteiger partial charge on any atom is -0.303 e. The maximum absolute atomic E-state index is 6.30. The van der Waals surface area contributed by atoms with Gasteiger partial charge in [-0.25, -0.2) is 9.97 Å². The van der Waals surface area contributed by atoms with E-state index < -0.39 is 0 Å². The van der Waals surface area contributed by atoms with Crippen LogP contribution < -0.4 is 0 Å². The van der Waals surface area contributed by atoms with Gasteiger partial charge < -0.3 is 4.90 Å². The zero-order valence-corrected chi connectivity index (χ0v) is 15.1. The summed E-state index contributed by atoms with van der Waals surface area (Å²) in [6, 6.07) is 0.195. The number of hydrogen-bond donors (Lipinski definition) is 0. The van der Waals surface area contributed by atoms with E-state index in [1.807, 2.05) is 0 Å². The van der Waals surface area contributed by atoms with E-state index in [0.29, 0.717) is 5.15 Å². The molecule has 0 saturated carbocycles. The molecule has 6 heteroatoms. The molecule has 0 radical (unpaired) electrons. The molecule has 2 rings (SSSR count). The monoisotopic (exact) mass is 360 g/mol. The van der Waals surface area contributed by atoms with Gasteiger partial charge in [-0.3, -0.25) is 4.90 Å². The fraction of sp³-hybridized carbons (Fsp3) is 0.714. The van der Waals surface area contributed by atoms with Crippen LogP contribution in [0.5, 0.6) is 0 Å². The Labute approximate surface area is 134 Å². The van der Waals surface area contributed by atoms with E-state index in [2.05, 4.69) is 65.6 Å². The van der Waals surface area contributed by atoms with E-state index in [1.54, 1.807) is 0 Å². The van der Waals surface area contributed by atoms with Crippen molar-refractivity contribution in [2.45, 2.75) is 32.2 Å². The average Bonchev–Trinajstić information content (AvgIpc) is 2.34. The fourth-order valence-corrected chi connectivity index (χ4v) is 3.32. The summed E-state index contributed by atoms with van der Waals surface area (Å²) in [6.45, 7) is 9.43. The highest BCUT2D eigenvalue weighted by atomic mass is 79.9. The van der Waals surface area contributed by atoms with Crippen LogP contribution >= 0.6 is 27.5 Å². The van der Waals surface area contributed by atoms with Gasteiger partial charge in [0.1, 0.15) is 11.0 Å². The van der Waals surface area contributed by atoms with E-state index in [1.165, 1.54) is 0 Å². The lowest BCUT2D eigenvalue weighted by Crippen LogP contribution is -2.45. The summed E-state index contributed by atoms with van der Waals surface area (Å²) in [5.41, 5.74) is 0.897. The predicted octanol–water partition coefficient (Wildman–Crippen LogP) is 3.11. The van der Waals surface area contributed by atoms with Gasteiger partial charge in [-0.1, -0.05) is 32.4 Å². The quantitative estimate of drug-likeness (QED) is 0.720.